The number of amides is 3. The van der Waals surface area contributed by atoms with E-state index in [1.807, 2.05) is 19.3 Å². The van der Waals surface area contributed by atoms with Crippen LogP contribution < -0.4 is 20.1 Å². The van der Waals surface area contributed by atoms with Crippen LogP contribution in [0.25, 0.3) is 0 Å². The van der Waals surface area contributed by atoms with Crippen LogP contribution in [0.5, 0.6) is 0 Å². The number of rotatable bonds is 6. The van der Waals surface area contributed by atoms with E-state index in [0.717, 1.165) is 32.6 Å². The number of anilines is 1. The summed E-state index contributed by atoms with van der Waals surface area (Å²) in [6, 6.07) is 3.90. The smallest absolute Gasteiger partial charge is 0.329 e. The van der Waals surface area contributed by atoms with Crippen molar-refractivity contribution >= 4 is 17.6 Å². The van der Waals surface area contributed by atoms with Crippen molar-refractivity contribution in [1.82, 2.24) is 10.2 Å². The van der Waals surface area contributed by atoms with Gasteiger partial charge in [-0.15, -0.1) is 0 Å². The van der Waals surface area contributed by atoms with Crippen LogP contribution in [0.1, 0.15) is 33.6 Å². The van der Waals surface area contributed by atoms with Gasteiger partial charge in [0.2, 0.25) is 0 Å². The minimum atomic E-state index is -0.747. The number of hydrogen-bond acceptors (Lipinski definition) is 3. The summed E-state index contributed by atoms with van der Waals surface area (Å²) in [5, 5.41) is 2.92. The van der Waals surface area contributed by atoms with Gasteiger partial charge in [-0.2, -0.15) is 0 Å². The first-order valence-electron chi connectivity index (χ1n) is 9.58. The highest BCUT2D eigenvalue weighted by molar-refractivity contribution is 6.06. The Morgan fingerprint density at radius 3 is 2.50 bits per heavy atom. The Kier molecular flexibility index (Phi) is 5.46. The number of carbonyl (C=O) groups excluding carboxylic acids is 2. The van der Waals surface area contributed by atoms with Crippen molar-refractivity contribution in [2.45, 2.75) is 39.2 Å². The highest BCUT2D eigenvalue weighted by Crippen LogP contribution is 2.24. The fraction of sp³-hybridized carbons (Fsp3) is 0.632. The molecule has 0 spiro atoms. The van der Waals surface area contributed by atoms with Crippen molar-refractivity contribution in [1.29, 1.82) is 0 Å². The molecule has 2 aliphatic heterocycles. The molecule has 1 atom stereocenters. The first kappa shape index (κ1) is 18.6. The Labute approximate surface area is 155 Å². The first-order valence-corrected chi connectivity index (χ1v) is 9.58. The molecule has 2 saturated heterocycles. The van der Waals surface area contributed by atoms with Gasteiger partial charge in [0.25, 0.3) is 5.91 Å². The van der Waals surface area contributed by atoms with Gasteiger partial charge in [-0.1, -0.05) is 13.8 Å². The highest BCUT2D eigenvalue weighted by atomic mass is 16.2. The molecule has 0 unspecified atom stereocenters. The summed E-state index contributed by atoms with van der Waals surface area (Å²) in [5.74, 6) is 0.441. The lowest BCUT2D eigenvalue weighted by molar-refractivity contribution is -0.907. The Bertz CT molecular complexity index is 643. The van der Waals surface area contributed by atoms with Crippen LogP contribution in [-0.2, 0) is 4.79 Å². The van der Waals surface area contributed by atoms with E-state index in [1.54, 1.807) is 0 Å². The van der Waals surface area contributed by atoms with Crippen LogP contribution in [-0.4, -0.2) is 55.2 Å². The third-order valence-corrected chi connectivity index (χ3v) is 5.48. The molecule has 26 heavy (non-hydrogen) atoms. The topological polar surface area (TPSA) is 71.2 Å². The molecule has 3 rings (SSSR count). The molecule has 0 aliphatic carbocycles. The monoisotopic (exact) mass is 361 g/mol. The molecule has 0 bridgehead atoms. The quantitative estimate of drug-likeness (QED) is 0.696. The molecule has 7 heteroatoms. The van der Waals surface area contributed by atoms with Crippen molar-refractivity contribution in [2.75, 3.05) is 37.7 Å². The molecule has 1 aromatic heterocycles. The van der Waals surface area contributed by atoms with Crippen molar-refractivity contribution in [3.8, 4) is 0 Å². The average molecular weight is 361 g/mol. The SMILES string of the molecule is CC(C)CC[C@]1(C)NC(=O)N(C[NH+]2CCN(c3cc[nH+]cc3)CC2)C1=O. The number of aromatic nitrogens is 1. The van der Waals surface area contributed by atoms with Gasteiger partial charge in [-0.3, -0.25) is 4.79 Å². The number of nitrogens with one attached hydrogen (secondary N) is 3. The zero-order chi connectivity index (χ0) is 18.7. The van der Waals surface area contributed by atoms with Gasteiger partial charge in [-0.05, 0) is 25.7 Å². The Morgan fingerprint density at radius 1 is 1.23 bits per heavy atom. The second-order valence-corrected chi connectivity index (χ2v) is 8.08. The summed E-state index contributed by atoms with van der Waals surface area (Å²) in [6.45, 7) is 10.3. The Morgan fingerprint density at radius 2 is 1.88 bits per heavy atom. The summed E-state index contributed by atoms with van der Waals surface area (Å²) in [4.78, 5) is 33.3. The minimum Gasteiger partial charge on any atom is -0.360 e. The maximum atomic E-state index is 12.8. The van der Waals surface area contributed by atoms with Gasteiger partial charge in [0.15, 0.2) is 19.1 Å². The van der Waals surface area contributed by atoms with E-state index in [9.17, 15) is 9.59 Å². The summed E-state index contributed by atoms with van der Waals surface area (Å²) >= 11 is 0. The second kappa shape index (κ2) is 7.61. The first-order chi connectivity index (χ1) is 12.4. The molecule has 0 radical (unpaired) electrons. The van der Waals surface area contributed by atoms with Gasteiger partial charge >= 0.3 is 6.03 Å². The largest absolute Gasteiger partial charge is 0.360 e. The van der Waals surface area contributed by atoms with E-state index in [4.69, 9.17) is 0 Å². The number of piperazine rings is 1. The highest BCUT2D eigenvalue weighted by Gasteiger charge is 2.48. The second-order valence-electron chi connectivity index (χ2n) is 8.08. The molecule has 2 aliphatic rings. The van der Waals surface area contributed by atoms with Crippen LogP contribution >= 0.6 is 0 Å². The number of nitrogens with zero attached hydrogens (tertiary/aromatic N) is 2. The van der Waals surface area contributed by atoms with Crippen LogP contribution in [0.3, 0.4) is 0 Å². The number of pyridine rings is 1. The summed E-state index contributed by atoms with van der Waals surface area (Å²) in [5.41, 5.74) is 0.461. The third kappa shape index (κ3) is 3.98. The summed E-state index contributed by atoms with van der Waals surface area (Å²) < 4.78 is 0. The molecule has 0 saturated carbocycles. The number of imide groups is 1. The van der Waals surface area contributed by atoms with Gasteiger partial charge in [0, 0.05) is 17.8 Å². The summed E-state index contributed by atoms with van der Waals surface area (Å²) in [7, 11) is 0. The van der Waals surface area contributed by atoms with E-state index < -0.39 is 5.54 Å². The molecule has 1 aromatic rings. The maximum Gasteiger partial charge on any atom is 0.329 e. The molecular formula is C19H31N5O2+2. The van der Waals surface area contributed by atoms with Crippen molar-refractivity contribution in [3.63, 3.8) is 0 Å². The lowest BCUT2D eigenvalue weighted by Gasteiger charge is -2.34. The van der Waals surface area contributed by atoms with E-state index in [1.165, 1.54) is 15.5 Å². The zero-order valence-corrected chi connectivity index (χ0v) is 16.0. The Hall–Kier alpha value is -2.15. The number of quaternary nitrogens is 1. The molecule has 3 amide bonds. The predicted molar refractivity (Wildman–Crippen MR) is 98.6 cm³/mol. The van der Waals surface area contributed by atoms with E-state index in [-0.39, 0.29) is 11.9 Å². The minimum absolute atomic E-state index is 0.0725. The fourth-order valence-electron chi connectivity index (χ4n) is 3.69. The van der Waals surface area contributed by atoms with Crippen LogP contribution in [0.4, 0.5) is 10.5 Å². The molecule has 2 fully saturated rings. The van der Waals surface area contributed by atoms with E-state index >= 15 is 0 Å². The molecule has 0 aromatic carbocycles. The molecule has 3 heterocycles. The third-order valence-electron chi connectivity index (χ3n) is 5.48. The number of urea groups is 1. The van der Waals surface area contributed by atoms with Crippen molar-refractivity contribution in [2.24, 2.45) is 5.92 Å². The number of hydrogen-bond donors (Lipinski definition) is 2. The van der Waals surface area contributed by atoms with E-state index in [0.29, 0.717) is 19.0 Å². The molecule has 142 valence electrons. The Balaban J connectivity index is 1.55. The van der Waals surface area contributed by atoms with Crippen LogP contribution in [0.2, 0.25) is 0 Å². The van der Waals surface area contributed by atoms with E-state index in [2.05, 4.69) is 41.2 Å². The van der Waals surface area contributed by atoms with Crippen molar-refractivity contribution in [3.05, 3.63) is 24.5 Å². The molecule has 7 nitrogen and oxygen atoms in total. The number of H-pyrrole nitrogens is 1. The van der Waals surface area contributed by atoms with Gasteiger partial charge in [-0.25, -0.2) is 14.7 Å². The average Bonchev–Trinajstić information content (AvgIpc) is 2.85. The number of carbonyl (C=O) groups is 2. The predicted octanol–water partition coefficient (Wildman–Crippen LogP) is -0.0902. The van der Waals surface area contributed by atoms with Gasteiger partial charge < -0.3 is 15.1 Å². The zero-order valence-electron chi connectivity index (χ0n) is 16.0. The normalized spacial score (nSPS) is 24.5. The fourth-order valence-corrected chi connectivity index (χ4v) is 3.69. The lowest BCUT2D eigenvalue weighted by Crippen LogP contribution is -3.16. The van der Waals surface area contributed by atoms with Crippen LogP contribution in [0, 0.1) is 5.92 Å². The summed E-state index contributed by atoms with van der Waals surface area (Å²) in [6.07, 6.45) is 5.48. The standard InChI is InChI=1S/C19H29N5O2/c1-15(2)4-7-19(3)17(25)24(18(26)21-19)14-22-10-12-23(13-11-22)16-5-8-20-9-6-16/h5-6,8-9,15H,4,7,10-14H2,1-3H3,(H,21,26)/p+2/t19-/m0/s1. The van der Waals surface area contributed by atoms with Crippen LogP contribution in [0.15, 0.2) is 24.5 Å². The van der Waals surface area contributed by atoms with Crippen molar-refractivity contribution < 1.29 is 19.5 Å². The number of aromatic amines is 1. The molecule has 3 N–H and O–H groups in total. The van der Waals surface area contributed by atoms with Gasteiger partial charge in [0.05, 0.1) is 26.2 Å². The lowest BCUT2D eigenvalue weighted by atomic mass is 9.92. The maximum absolute atomic E-state index is 12.8. The molecular weight excluding hydrogens is 330 g/mol. The van der Waals surface area contributed by atoms with Gasteiger partial charge in [0.1, 0.15) is 5.54 Å².